The number of rotatable bonds is 8. The van der Waals surface area contributed by atoms with Crippen LogP contribution in [0.3, 0.4) is 0 Å². The fourth-order valence-corrected chi connectivity index (χ4v) is 2.50. The van der Waals surface area contributed by atoms with E-state index in [1.807, 2.05) is 57.2 Å². The van der Waals surface area contributed by atoms with Gasteiger partial charge in [-0.15, -0.1) is 0 Å². The lowest BCUT2D eigenvalue weighted by molar-refractivity contribution is -0.166. The predicted molar refractivity (Wildman–Crippen MR) is 94.0 cm³/mol. The van der Waals surface area contributed by atoms with Gasteiger partial charge in [-0.25, -0.2) is 4.79 Å². The first-order valence-corrected chi connectivity index (χ1v) is 8.25. The number of benzene rings is 2. The highest BCUT2D eigenvalue weighted by molar-refractivity contribution is 5.88. The van der Waals surface area contributed by atoms with Crippen LogP contribution in [0.25, 0.3) is 11.1 Å². The third kappa shape index (κ3) is 4.66. The van der Waals surface area contributed by atoms with Gasteiger partial charge < -0.3 is 14.6 Å². The first-order valence-electron chi connectivity index (χ1n) is 8.25. The molecule has 2 aromatic rings. The fourth-order valence-electron chi connectivity index (χ4n) is 2.50. The van der Waals surface area contributed by atoms with Gasteiger partial charge in [0.2, 0.25) is 0 Å². The van der Waals surface area contributed by atoms with E-state index in [4.69, 9.17) is 14.6 Å². The number of carboxylic acid groups (broad SMARTS) is 1. The molecule has 0 fully saturated rings. The number of aromatic carboxylic acids is 1. The molecule has 2 rings (SSSR count). The second-order valence-corrected chi connectivity index (χ2v) is 5.58. The Hall–Kier alpha value is -2.17. The van der Waals surface area contributed by atoms with Gasteiger partial charge >= 0.3 is 5.97 Å². The molecule has 0 heterocycles. The summed E-state index contributed by atoms with van der Waals surface area (Å²) in [6.45, 7) is 6.65. The van der Waals surface area contributed by atoms with Crippen LogP contribution in [0.1, 0.15) is 49.2 Å². The van der Waals surface area contributed by atoms with E-state index in [9.17, 15) is 4.79 Å². The maximum atomic E-state index is 10.9. The van der Waals surface area contributed by atoms with Crippen molar-refractivity contribution in [2.45, 2.75) is 39.6 Å². The molecule has 4 heteroatoms. The normalized spacial score (nSPS) is 13.5. The molecule has 2 unspecified atom stereocenters. The summed E-state index contributed by atoms with van der Waals surface area (Å²) in [4.78, 5) is 10.9. The molecule has 0 saturated carbocycles. The minimum Gasteiger partial charge on any atom is -0.478 e. The van der Waals surface area contributed by atoms with Crippen LogP contribution in [0.4, 0.5) is 0 Å². The van der Waals surface area contributed by atoms with Crippen molar-refractivity contribution < 1.29 is 19.4 Å². The Bertz CT molecular complexity index is 646. The van der Waals surface area contributed by atoms with Crippen LogP contribution in [0.15, 0.2) is 48.5 Å². The molecule has 4 nitrogen and oxygen atoms in total. The monoisotopic (exact) mass is 328 g/mol. The number of hydrogen-bond donors (Lipinski definition) is 1. The van der Waals surface area contributed by atoms with E-state index in [0.29, 0.717) is 12.2 Å². The number of hydrogen-bond acceptors (Lipinski definition) is 3. The summed E-state index contributed by atoms with van der Waals surface area (Å²) in [6.07, 6.45) is 0.574. The summed E-state index contributed by atoms with van der Waals surface area (Å²) in [7, 11) is 0. The smallest absolute Gasteiger partial charge is 0.335 e. The molecular formula is C20H24O4. The van der Waals surface area contributed by atoms with Crippen molar-refractivity contribution in [3.05, 3.63) is 59.7 Å². The zero-order valence-electron chi connectivity index (χ0n) is 14.4. The van der Waals surface area contributed by atoms with Crippen LogP contribution in [-0.2, 0) is 9.47 Å². The van der Waals surface area contributed by atoms with E-state index in [1.165, 1.54) is 0 Å². The lowest BCUT2D eigenvalue weighted by Gasteiger charge is -2.21. The van der Waals surface area contributed by atoms with Gasteiger partial charge in [0.25, 0.3) is 0 Å². The van der Waals surface area contributed by atoms with Crippen molar-refractivity contribution >= 4 is 5.97 Å². The number of ether oxygens (including phenoxy) is 2. The van der Waals surface area contributed by atoms with E-state index in [-0.39, 0.29) is 12.4 Å². The zero-order valence-corrected chi connectivity index (χ0v) is 14.4. The predicted octanol–water partition coefficient (Wildman–Crippen LogP) is 4.90. The standard InChI is InChI=1S/C20H24O4/c1-4-19(23-5-2)24-14(3)15-6-8-16(9-7-15)17-10-12-18(13-11-17)20(21)22/h6-14,19H,4-5H2,1-3H3,(H,21,22). The summed E-state index contributed by atoms with van der Waals surface area (Å²) >= 11 is 0. The second kappa shape index (κ2) is 8.62. The first-order chi connectivity index (χ1) is 11.5. The lowest BCUT2D eigenvalue weighted by Crippen LogP contribution is -2.18. The topological polar surface area (TPSA) is 55.8 Å². The second-order valence-electron chi connectivity index (χ2n) is 5.58. The van der Waals surface area contributed by atoms with E-state index >= 15 is 0 Å². The molecule has 1 N–H and O–H groups in total. The third-order valence-corrected chi connectivity index (χ3v) is 3.89. The van der Waals surface area contributed by atoms with Crippen LogP contribution in [-0.4, -0.2) is 24.0 Å². The average molecular weight is 328 g/mol. The largest absolute Gasteiger partial charge is 0.478 e. The summed E-state index contributed by atoms with van der Waals surface area (Å²) in [6, 6.07) is 15.0. The van der Waals surface area contributed by atoms with Crippen LogP contribution in [0, 0.1) is 0 Å². The van der Waals surface area contributed by atoms with Gasteiger partial charge in [-0.2, -0.15) is 0 Å². The molecule has 0 bridgehead atoms. The van der Waals surface area contributed by atoms with Crippen molar-refractivity contribution in [3.63, 3.8) is 0 Å². The van der Waals surface area contributed by atoms with Gasteiger partial charge in [-0.1, -0.05) is 43.3 Å². The van der Waals surface area contributed by atoms with Crippen LogP contribution in [0.2, 0.25) is 0 Å². The number of carboxylic acids is 1. The van der Waals surface area contributed by atoms with Crippen molar-refractivity contribution in [3.8, 4) is 11.1 Å². The quantitative estimate of drug-likeness (QED) is 0.700. The van der Waals surface area contributed by atoms with Crippen molar-refractivity contribution in [2.75, 3.05) is 6.61 Å². The molecule has 24 heavy (non-hydrogen) atoms. The number of carbonyl (C=O) groups is 1. The SMILES string of the molecule is CCOC(CC)OC(C)c1ccc(-c2ccc(C(=O)O)cc2)cc1. The van der Waals surface area contributed by atoms with Gasteiger partial charge in [-0.05, 0) is 49.1 Å². The Kier molecular flexibility index (Phi) is 6.53. The van der Waals surface area contributed by atoms with Crippen LogP contribution in [0.5, 0.6) is 0 Å². The Morgan fingerprint density at radius 1 is 1.00 bits per heavy atom. The summed E-state index contributed by atoms with van der Waals surface area (Å²) in [5.41, 5.74) is 3.40. The Morgan fingerprint density at radius 2 is 1.54 bits per heavy atom. The summed E-state index contributed by atoms with van der Waals surface area (Å²) in [5.74, 6) is -0.914. The van der Waals surface area contributed by atoms with Gasteiger partial charge in [0, 0.05) is 6.61 Å². The summed E-state index contributed by atoms with van der Waals surface area (Å²) < 4.78 is 11.5. The Morgan fingerprint density at radius 3 is 2.00 bits per heavy atom. The highest BCUT2D eigenvalue weighted by Crippen LogP contribution is 2.25. The highest BCUT2D eigenvalue weighted by atomic mass is 16.7. The lowest BCUT2D eigenvalue weighted by atomic mass is 10.0. The fraction of sp³-hybridized carbons (Fsp3) is 0.350. The molecule has 0 saturated heterocycles. The Labute approximate surface area is 143 Å². The van der Waals surface area contributed by atoms with Crippen LogP contribution >= 0.6 is 0 Å². The van der Waals surface area contributed by atoms with Crippen molar-refractivity contribution in [2.24, 2.45) is 0 Å². The molecule has 0 spiro atoms. The molecular weight excluding hydrogens is 304 g/mol. The minimum atomic E-state index is -0.914. The van der Waals surface area contributed by atoms with Crippen molar-refractivity contribution in [1.82, 2.24) is 0 Å². The summed E-state index contributed by atoms with van der Waals surface area (Å²) in [5, 5.41) is 8.95. The van der Waals surface area contributed by atoms with E-state index in [0.717, 1.165) is 23.1 Å². The Balaban J connectivity index is 2.08. The molecule has 0 aliphatic heterocycles. The van der Waals surface area contributed by atoms with E-state index in [2.05, 4.69) is 0 Å². The maximum absolute atomic E-state index is 10.9. The third-order valence-electron chi connectivity index (χ3n) is 3.89. The average Bonchev–Trinajstić information content (AvgIpc) is 2.61. The molecule has 0 aliphatic carbocycles. The molecule has 0 aliphatic rings. The van der Waals surface area contributed by atoms with Crippen LogP contribution < -0.4 is 0 Å². The van der Waals surface area contributed by atoms with Gasteiger partial charge in [-0.3, -0.25) is 0 Å². The van der Waals surface area contributed by atoms with Gasteiger partial charge in [0.1, 0.15) is 0 Å². The van der Waals surface area contributed by atoms with Crippen molar-refractivity contribution in [1.29, 1.82) is 0 Å². The first kappa shape index (κ1) is 18.2. The highest BCUT2D eigenvalue weighted by Gasteiger charge is 2.13. The minimum absolute atomic E-state index is 0.0510. The van der Waals surface area contributed by atoms with E-state index < -0.39 is 5.97 Å². The molecule has 0 radical (unpaired) electrons. The molecule has 128 valence electrons. The molecule has 2 atom stereocenters. The van der Waals surface area contributed by atoms with Gasteiger partial charge in [0.05, 0.1) is 11.7 Å². The molecule has 0 amide bonds. The van der Waals surface area contributed by atoms with E-state index in [1.54, 1.807) is 12.1 Å². The van der Waals surface area contributed by atoms with Gasteiger partial charge in [0.15, 0.2) is 6.29 Å². The molecule has 2 aromatic carbocycles. The maximum Gasteiger partial charge on any atom is 0.335 e. The zero-order chi connectivity index (χ0) is 17.5. The molecule has 0 aromatic heterocycles.